The maximum Gasteiger partial charge on any atom is 0.256 e. The zero-order valence-electron chi connectivity index (χ0n) is 17.8. The van der Waals surface area contributed by atoms with Crippen LogP contribution in [0.4, 0.5) is 5.69 Å². The summed E-state index contributed by atoms with van der Waals surface area (Å²) in [7, 11) is 0. The van der Waals surface area contributed by atoms with Crippen LogP contribution in [0.15, 0.2) is 42.5 Å². The predicted octanol–water partition coefficient (Wildman–Crippen LogP) is 5.81. The lowest BCUT2D eigenvalue weighted by Crippen LogP contribution is -2.43. The number of hydrogen-bond acceptors (Lipinski definition) is 3. The average Bonchev–Trinajstić information content (AvgIpc) is 2.66. The molecule has 28 heavy (non-hydrogen) atoms. The Bertz CT molecular complexity index is 750. The first-order chi connectivity index (χ1) is 13.4. The molecule has 1 amide bonds. The Morgan fingerprint density at radius 3 is 2.25 bits per heavy atom. The Hall–Kier alpha value is -2.33. The van der Waals surface area contributed by atoms with Crippen molar-refractivity contribution >= 4 is 11.6 Å². The van der Waals surface area contributed by atoms with Crippen LogP contribution in [-0.2, 0) is 16.1 Å². The molecule has 0 aliphatic carbocycles. The molecule has 0 fully saturated rings. The lowest BCUT2D eigenvalue weighted by atomic mass is 9.98. The molecule has 0 aliphatic heterocycles. The number of carbonyl (C=O) groups excluding carboxylic acids is 1. The largest absolute Gasteiger partial charge is 0.488 e. The highest BCUT2D eigenvalue weighted by molar-refractivity contribution is 5.97. The smallest absolute Gasteiger partial charge is 0.256 e. The normalized spacial score (nSPS) is 13.0. The van der Waals surface area contributed by atoms with E-state index in [0.29, 0.717) is 19.6 Å². The molecular weight excluding hydrogens is 350 g/mol. The van der Waals surface area contributed by atoms with Crippen molar-refractivity contribution in [3.8, 4) is 5.75 Å². The maximum absolute atomic E-state index is 12.9. The van der Waals surface area contributed by atoms with Gasteiger partial charge in [-0.2, -0.15) is 0 Å². The molecule has 0 spiro atoms. The van der Waals surface area contributed by atoms with Crippen LogP contribution in [0, 0.1) is 13.8 Å². The third kappa shape index (κ3) is 5.83. The van der Waals surface area contributed by atoms with Crippen molar-refractivity contribution in [3.05, 3.63) is 59.2 Å². The number of rotatable bonds is 10. The Morgan fingerprint density at radius 2 is 1.68 bits per heavy atom. The summed E-state index contributed by atoms with van der Waals surface area (Å²) in [6, 6.07) is 14.0. The van der Waals surface area contributed by atoms with Gasteiger partial charge in [-0.3, -0.25) is 4.79 Å². The molecule has 4 nitrogen and oxygen atoms in total. The maximum atomic E-state index is 12.9. The van der Waals surface area contributed by atoms with Crippen LogP contribution in [0.2, 0.25) is 0 Å². The Balaban J connectivity index is 2.11. The molecule has 0 saturated carbocycles. The SMILES string of the molecule is CCCOC(C)(CCC)C(=O)Nc1cc(C)c(OCc2ccccc2)c(C)c1. The summed E-state index contributed by atoms with van der Waals surface area (Å²) in [5, 5.41) is 3.04. The quantitative estimate of drug-likeness (QED) is 0.563. The fourth-order valence-electron chi connectivity index (χ4n) is 3.30. The molecule has 1 N–H and O–H groups in total. The summed E-state index contributed by atoms with van der Waals surface area (Å²) < 4.78 is 11.9. The molecule has 0 aliphatic rings. The van der Waals surface area contributed by atoms with Crippen molar-refractivity contribution in [2.24, 2.45) is 0 Å². The van der Waals surface area contributed by atoms with E-state index in [1.165, 1.54) is 0 Å². The van der Waals surface area contributed by atoms with Gasteiger partial charge < -0.3 is 14.8 Å². The van der Waals surface area contributed by atoms with Crippen molar-refractivity contribution in [1.29, 1.82) is 0 Å². The van der Waals surface area contributed by atoms with Crippen molar-refractivity contribution < 1.29 is 14.3 Å². The van der Waals surface area contributed by atoms with Gasteiger partial charge in [0.25, 0.3) is 5.91 Å². The number of nitrogens with one attached hydrogen (secondary N) is 1. The lowest BCUT2D eigenvalue weighted by molar-refractivity contribution is -0.140. The fraction of sp³-hybridized carbons (Fsp3) is 0.458. The number of aryl methyl sites for hydroxylation is 2. The van der Waals surface area contributed by atoms with Crippen molar-refractivity contribution in [1.82, 2.24) is 0 Å². The standard InChI is InChI=1S/C24H33NO3/c1-6-13-24(5,28-14-7-2)23(26)25-21-15-18(3)22(19(4)16-21)27-17-20-11-9-8-10-12-20/h8-12,15-16H,6-7,13-14,17H2,1-5H3,(H,25,26). The van der Waals surface area contributed by atoms with E-state index in [-0.39, 0.29) is 5.91 Å². The van der Waals surface area contributed by atoms with Crippen LogP contribution in [-0.4, -0.2) is 18.1 Å². The third-order valence-corrected chi connectivity index (χ3v) is 4.78. The number of ether oxygens (including phenoxy) is 2. The summed E-state index contributed by atoms with van der Waals surface area (Å²) in [5.74, 6) is 0.764. The minimum atomic E-state index is -0.810. The molecule has 0 bridgehead atoms. The van der Waals surface area contributed by atoms with Crippen LogP contribution in [0.1, 0.15) is 56.7 Å². The Labute approximate surface area is 169 Å². The van der Waals surface area contributed by atoms with Crippen molar-refractivity contribution in [3.63, 3.8) is 0 Å². The molecule has 0 radical (unpaired) electrons. The first kappa shape index (κ1) is 22.0. The number of benzene rings is 2. The second-order valence-corrected chi connectivity index (χ2v) is 7.50. The minimum Gasteiger partial charge on any atom is -0.488 e. The highest BCUT2D eigenvalue weighted by atomic mass is 16.5. The van der Waals surface area contributed by atoms with Gasteiger partial charge >= 0.3 is 0 Å². The summed E-state index contributed by atoms with van der Waals surface area (Å²) in [4.78, 5) is 12.9. The van der Waals surface area contributed by atoms with E-state index in [4.69, 9.17) is 9.47 Å². The molecule has 1 atom stereocenters. The summed E-state index contributed by atoms with van der Waals surface area (Å²) >= 11 is 0. The molecular formula is C24H33NO3. The monoisotopic (exact) mass is 383 g/mol. The minimum absolute atomic E-state index is 0.0976. The van der Waals surface area contributed by atoms with E-state index < -0.39 is 5.60 Å². The van der Waals surface area contributed by atoms with Crippen LogP contribution in [0.3, 0.4) is 0 Å². The second kappa shape index (κ2) is 10.3. The zero-order valence-corrected chi connectivity index (χ0v) is 17.8. The number of anilines is 1. The van der Waals surface area contributed by atoms with E-state index >= 15 is 0 Å². The van der Waals surface area contributed by atoms with Gasteiger partial charge in [0.2, 0.25) is 0 Å². The molecule has 0 heterocycles. The summed E-state index contributed by atoms with van der Waals surface area (Å²) in [6.45, 7) is 11.1. The first-order valence-corrected chi connectivity index (χ1v) is 10.1. The molecule has 152 valence electrons. The van der Waals surface area contributed by atoms with E-state index in [1.807, 2.05) is 70.2 Å². The topological polar surface area (TPSA) is 47.6 Å². The van der Waals surface area contributed by atoms with Gasteiger partial charge in [0, 0.05) is 12.3 Å². The van der Waals surface area contributed by atoms with Gasteiger partial charge in [-0.1, -0.05) is 50.6 Å². The molecule has 0 saturated heterocycles. The highest BCUT2D eigenvalue weighted by Gasteiger charge is 2.33. The van der Waals surface area contributed by atoms with E-state index in [9.17, 15) is 4.79 Å². The Kier molecular flexibility index (Phi) is 8.06. The van der Waals surface area contributed by atoms with Gasteiger partial charge in [0.05, 0.1) is 0 Å². The fourth-order valence-corrected chi connectivity index (χ4v) is 3.30. The molecule has 0 aromatic heterocycles. The lowest BCUT2D eigenvalue weighted by Gasteiger charge is -2.28. The second-order valence-electron chi connectivity index (χ2n) is 7.50. The highest BCUT2D eigenvalue weighted by Crippen LogP contribution is 2.29. The van der Waals surface area contributed by atoms with Crippen LogP contribution >= 0.6 is 0 Å². The molecule has 1 unspecified atom stereocenters. The molecule has 2 aromatic rings. The zero-order chi connectivity index (χ0) is 20.6. The average molecular weight is 384 g/mol. The van der Waals surface area contributed by atoms with Crippen LogP contribution in [0.5, 0.6) is 5.75 Å². The van der Waals surface area contributed by atoms with Gasteiger partial charge in [-0.05, 0) is 62.4 Å². The van der Waals surface area contributed by atoms with E-state index in [2.05, 4.69) is 12.2 Å². The molecule has 2 aromatic carbocycles. The summed E-state index contributed by atoms with van der Waals surface area (Å²) in [6.07, 6.45) is 2.46. The molecule has 2 rings (SSSR count). The van der Waals surface area contributed by atoms with Gasteiger partial charge in [0.1, 0.15) is 18.0 Å². The van der Waals surface area contributed by atoms with Crippen molar-refractivity contribution in [2.45, 2.75) is 66.1 Å². The third-order valence-electron chi connectivity index (χ3n) is 4.78. The molecule has 4 heteroatoms. The van der Waals surface area contributed by atoms with Gasteiger partial charge in [0.15, 0.2) is 0 Å². The van der Waals surface area contributed by atoms with Gasteiger partial charge in [-0.25, -0.2) is 0 Å². The van der Waals surface area contributed by atoms with Gasteiger partial charge in [-0.15, -0.1) is 0 Å². The van der Waals surface area contributed by atoms with E-state index in [1.54, 1.807) is 0 Å². The Morgan fingerprint density at radius 1 is 1.04 bits per heavy atom. The van der Waals surface area contributed by atoms with Crippen LogP contribution in [0.25, 0.3) is 0 Å². The van der Waals surface area contributed by atoms with E-state index in [0.717, 1.165) is 41.0 Å². The predicted molar refractivity (Wildman–Crippen MR) is 115 cm³/mol. The van der Waals surface area contributed by atoms with Crippen LogP contribution < -0.4 is 10.1 Å². The number of carbonyl (C=O) groups is 1. The first-order valence-electron chi connectivity index (χ1n) is 10.1. The number of amides is 1. The number of hydrogen-bond donors (Lipinski definition) is 1. The summed E-state index contributed by atoms with van der Waals surface area (Å²) in [5.41, 5.74) is 3.09. The van der Waals surface area contributed by atoms with Crippen molar-refractivity contribution in [2.75, 3.05) is 11.9 Å².